The van der Waals surface area contributed by atoms with Gasteiger partial charge >= 0.3 is 0 Å². The molecule has 0 spiro atoms. The summed E-state index contributed by atoms with van der Waals surface area (Å²) in [5, 5.41) is 10.4. The number of aliphatic hydroxyl groups excluding tert-OH is 1. The van der Waals surface area contributed by atoms with Crippen LogP contribution in [0.2, 0.25) is 13.1 Å². The van der Waals surface area contributed by atoms with Crippen molar-refractivity contribution in [1.82, 2.24) is 0 Å². The van der Waals surface area contributed by atoms with E-state index in [4.69, 9.17) is 5.11 Å². The van der Waals surface area contributed by atoms with Crippen LogP contribution in [0.15, 0.2) is 30.3 Å². The maximum absolute atomic E-state index is 9.11. The molecule has 12 heavy (non-hydrogen) atoms. The standard InChI is InChI=1S/C9H14OSi.Ti/c1-11(2,8-10)9-6-4-3-5-7-9;/h3-7,10H,8H2,1-2H3;. The molecule has 1 nitrogen and oxygen atoms in total. The number of hydrogen-bond donors (Lipinski definition) is 1. The minimum atomic E-state index is -1.50. The summed E-state index contributed by atoms with van der Waals surface area (Å²) in [7, 11) is -1.50. The van der Waals surface area contributed by atoms with E-state index in [1.165, 1.54) is 5.19 Å². The fraction of sp³-hybridized carbons (Fsp3) is 0.333. The van der Waals surface area contributed by atoms with Gasteiger partial charge in [0.25, 0.3) is 0 Å². The van der Waals surface area contributed by atoms with Crippen LogP contribution in [0.1, 0.15) is 0 Å². The molecule has 0 atom stereocenters. The third-order valence-corrected chi connectivity index (χ3v) is 4.64. The first-order chi connectivity index (χ1) is 5.17. The Kier molecular flexibility index (Phi) is 5.02. The van der Waals surface area contributed by atoms with E-state index in [-0.39, 0.29) is 21.7 Å². The Morgan fingerprint density at radius 2 is 1.67 bits per heavy atom. The van der Waals surface area contributed by atoms with Crippen molar-refractivity contribution < 1.29 is 26.8 Å². The zero-order valence-corrected chi connectivity index (χ0v) is 10.1. The third-order valence-electron chi connectivity index (χ3n) is 1.95. The summed E-state index contributed by atoms with van der Waals surface area (Å²) < 4.78 is 0. The molecule has 1 rings (SSSR count). The molecule has 0 saturated heterocycles. The van der Waals surface area contributed by atoms with E-state index in [9.17, 15) is 0 Å². The van der Waals surface area contributed by atoms with Gasteiger partial charge in [-0.05, 0) is 0 Å². The van der Waals surface area contributed by atoms with E-state index in [1.807, 2.05) is 18.2 Å². The summed E-state index contributed by atoms with van der Waals surface area (Å²) in [6, 6.07) is 10.3. The molecule has 0 aliphatic heterocycles. The van der Waals surface area contributed by atoms with Gasteiger partial charge in [-0.3, -0.25) is 0 Å². The second-order valence-electron chi connectivity index (χ2n) is 3.41. The monoisotopic (exact) mass is 214 g/mol. The summed E-state index contributed by atoms with van der Waals surface area (Å²) in [6.07, 6.45) is 0.330. The molecule has 0 fully saturated rings. The SMILES string of the molecule is C[Si](C)(CO)c1ccccc1.[Ti]. The van der Waals surface area contributed by atoms with Gasteiger partial charge in [0.05, 0.1) is 0 Å². The van der Waals surface area contributed by atoms with Crippen molar-refractivity contribution in [3.8, 4) is 0 Å². The Labute approximate surface area is 89.7 Å². The molecule has 1 N–H and O–H groups in total. The number of hydrogen-bond acceptors (Lipinski definition) is 1. The fourth-order valence-electron chi connectivity index (χ4n) is 0.981. The second kappa shape index (κ2) is 4.97. The van der Waals surface area contributed by atoms with Crippen LogP contribution in [0.5, 0.6) is 0 Å². The molecule has 0 aromatic heterocycles. The minimum Gasteiger partial charge on any atom is -0.399 e. The Hall–Kier alpha value is 0.111. The Morgan fingerprint density at radius 1 is 1.17 bits per heavy atom. The molecule has 0 heterocycles. The van der Waals surface area contributed by atoms with E-state index in [0.29, 0.717) is 6.23 Å². The van der Waals surface area contributed by atoms with Crippen molar-refractivity contribution in [1.29, 1.82) is 0 Å². The zero-order chi connectivity index (χ0) is 8.32. The first-order valence-electron chi connectivity index (χ1n) is 3.83. The average molecular weight is 214 g/mol. The molecule has 0 radical (unpaired) electrons. The van der Waals surface area contributed by atoms with Gasteiger partial charge in [-0.15, -0.1) is 0 Å². The normalized spacial score (nSPS) is 10.6. The van der Waals surface area contributed by atoms with Gasteiger partial charge in [0.2, 0.25) is 0 Å². The van der Waals surface area contributed by atoms with Crippen molar-refractivity contribution in [2.24, 2.45) is 0 Å². The van der Waals surface area contributed by atoms with Crippen LogP contribution >= 0.6 is 0 Å². The average Bonchev–Trinajstić information content (AvgIpc) is 2.06. The summed E-state index contributed by atoms with van der Waals surface area (Å²) in [6.45, 7) is 4.34. The van der Waals surface area contributed by atoms with Gasteiger partial charge in [0, 0.05) is 27.9 Å². The third kappa shape index (κ3) is 2.87. The Bertz CT molecular complexity index is 223. The predicted molar refractivity (Wildman–Crippen MR) is 50.6 cm³/mol. The minimum absolute atomic E-state index is 0. The molecule has 1 aromatic rings. The first-order valence-corrected chi connectivity index (χ1v) is 7.04. The Morgan fingerprint density at radius 3 is 2.08 bits per heavy atom. The molecule has 0 saturated carbocycles. The van der Waals surface area contributed by atoms with Crippen LogP contribution in [0, 0.1) is 0 Å². The molecule has 3 heteroatoms. The maximum Gasteiger partial charge on any atom is 0.109 e. The van der Waals surface area contributed by atoms with E-state index in [1.54, 1.807) is 0 Å². The predicted octanol–water partition coefficient (Wildman–Crippen LogP) is 1.13. The molecule has 0 bridgehead atoms. The van der Waals surface area contributed by atoms with Gasteiger partial charge in [0.1, 0.15) is 8.07 Å². The van der Waals surface area contributed by atoms with Crippen LogP contribution in [0.25, 0.3) is 0 Å². The van der Waals surface area contributed by atoms with Crippen molar-refractivity contribution in [2.75, 3.05) is 6.23 Å². The van der Waals surface area contributed by atoms with Crippen molar-refractivity contribution in [3.05, 3.63) is 30.3 Å². The number of rotatable bonds is 2. The van der Waals surface area contributed by atoms with Gasteiger partial charge in [-0.2, -0.15) is 0 Å². The van der Waals surface area contributed by atoms with E-state index in [0.717, 1.165) is 0 Å². The van der Waals surface area contributed by atoms with Crippen molar-refractivity contribution in [3.63, 3.8) is 0 Å². The molecule has 0 aliphatic carbocycles. The van der Waals surface area contributed by atoms with Crippen LogP contribution in [-0.4, -0.2) is 19.4 Å². The molecule has 64 valence electrons. The van der Waals surface area contributed by atoms with Gasteiger partial charge in [-0.1, -0.05) is 48.6 Å². The maximum atomic E-state index is 9.11. The summed E-state index contributed by atoms with van der Waals surface area (Å²) >= 11 is 0. The zero-order valence-electron chi connectivity index (χ0n) is 7.54. The molecule has 0 aliphatic rings. The largest absolute Gasteiger partial charge is 0.399 e. The molecule has 0 amide bonds. The van der Waals surface area contributed by atoms with Crippen LogP contribution in [0.4, 0.5) is 0 Å². The van der Waals surface area contributed by atoms with Crippen molar-refractivity contribution in [2.45, 2.75) is 13.1 Å². The number of aliphatic hydroxyl groups is 1. The second-order valence-corrected chi connectivity index (χ2v) is 8.07. The number of benzene rings is 1. The first kappa shape index (κ1) is 12.1. The summed E-state index contributed by atoms with van der Waals surface area (Å²) in [5.41, 5.74) is 0. The summed E-state index contributed by atoms with van der Waals surface area (Å²) in [5.74, 6) is 0. The van der Waals surface area contributed by atoms with Crippen molar-refractivity contribution >= 4 is 13.3 Å². The quantitative estimate of drug-likeness (QED) is 0.732. The van der Waals surface area contributed by atoms with Crippen LogP contribution in [-0.2, 0) is 21.7 Å². The van der Waals surface area contributed by atoms with Crippen LogP contribution in [0.3, 0.4) is 0 Å². The molecule has 1 aromatic carbocycles. The summed E-state index contributed by atoms with van der Waals surface area (Å²) in [4.78, 5) is 0. The van der Waals surface area contributed by atoms with E-state index < -0.39 is 8.07 Å². The van der Waals surface area contributed by atoms with E-state index in [2.05, 4.69) is 25.2 Å². The molecular weight excluding hydrogens is 200 g/mol. The fourth-order valence-corrected chi connectivity index (χ4v) is 2.26. The van der Waals surface area contributed by atoms with Gasteiger partial charge < -0.3 is 5.11 Å². The van der Waals surface area contributed by atoms with E-state index >= 15 is 0 Å². The van der Waals surface area contributed by atoms with Gasteiger partial charge in [-0.25, -0.2) is 0 Å². The van der Waals surface area contributed by atoms with Crippen LogP contribution < -0.4 is 5.19 Å². The Balaban J connectivity index is 0.00000121. The smallest absolute Gasteiger partial charge is 0.109 e. The molecular formula is C9H14OSiTi. The molecule has 0 unspecified atom stereocenters. The topological polar surface area (TPSA) is 20.2 Å². The van der Waals surface area contributed by atoms with Gasteiger partial charge in [0.15, 0.2) is 0 Å².